The first-order valence-electron chi connectivity index (χ1n) is 6.90. The number of hydrogen-bond donors (Lipinski definition) is 2. The molecule has 0 saturated heterocycles. The molecular weight excluding hydrogens is 256 g/mol. The molecule has 0 fully saturated rings. The summed E-state index contributed by atoms with van der Waals surface area (Å²) in [5.74, 6) is 4.61. The zero-order chi connectivity index (χ0) is 14.3. The summed E-state index contributed by atoms with van der Waals surface area (Å²) in [6.45, 7) is 7.42. The first kappa shape index (κ1) is 16.1. The lowest BCUT2D eigenvalue weighted by Gasteiger charge is -2.16. The average Bonchev–Trinajstić information content (AvgIpc) is 2.39. The summed E-state index contributed by atoms with van der Waals surface area (Å²) in [6.07, 6.45) is 4.13. The molecule has 108 valence electrons. The molecule has 19 heavy (non-hydrogen) atoms. The summed E-state index contributed by atoms with van der Waals surface area (Å²) in [7, 11) is 1.91. The molecule has 0 saturated carbocycles. The van der Waals surface area contributed by atoms with Crippen molar-refractivity contribution in [1.82, 2.24) is 9.97 Å². The summed E-state index contributed by atoms with van der Waals surface area (Å²) in [6, 6.07) is 0. The Morgan fingerprint density at radius 2 is 1.95 bits per heavy atom. The van der Waals surface area contributed by atoms with Gasteiger partial charge in [0, 0.05) is 25.6 Å². The number of aryl methyl sites for hydroxylation is 1. The van der Waals surface area contributed by atoms with Gasteiger partial charge in [-0.1, -0.05) is 13.8 Å². The second-order valence-electron chi connectivity index (χ2n) is 4.90. The third-order valence-electron chi connectivity index (χ3n) is 2.97. The van der Waals surface area contributed by atoms with Gasteiger partial charge in [-0.3, -0.25) is 0 Å². The Morgan fingerprint density at radius 3 is 2.53 bits per heavy atom. The third-order valence-corrected chi connectivity index (χ3v) is 3.87. The van der Waals surface area contributed by atoms with Gasteiger partial charge in [0.15, 0.2) is 0 Å². The van der Waals surface area contributed by atoms with Crippen LogP contribution in [0.1, 0.15) is 31.7 Å². The third kappa shape index (κ3) is 4.90. The summed E-state index contributed by atoms with van der Waals surface area (Å²) < 4.78 is 0. The molecule has 1 aromatic rings. The van der Waals surface area contributed by atoms with Crippen LogP contribution in [0.15, 0.2) is 0 Å². The topological polar surface area (TPSA) is 49.8 Å². The molecule has 0 aromatic carbocycles. The van der Waals surface area contributed by atoms with Gasteiger partial charge in [0.25, 0.3) is 0 Å². The zero-order valence-electron chi connectivity index (χ0n) is 12.7. The van der Waals surface area contributed by atoms with Crippen molar-refractivity contribution in [3.63, 3.8) is 0 Å². The van der Waals surface area contributed by atoms with Gasteiger partial charge >= 0.3 is 0 Å². The highest BCUT2D eigenvalue weighted by Gasteiger charge is 2.10. The van der Waals surface area contributed by atoms with E-state index in [1.54, 1.807) is 0 Å². The molecule has 1 rings (SSSR count). The van der Waals surface area contributed by atoms with Gasteiger partial charge in [-0.15, -0.1) is 0 Å². The number of rotatable bonds is 8. The Bertz CT molecular complexity index is 395. The second-order valence-corrected chi connectivity index (χ2v) is 5.81. The van der Waals surface area contributed by atoms with E-state index in [1.807, 2.05) is 18.8 Å². The van der Waals surface area contributed by atoms with Crippen molar-refractivity contribution >= 4 is 23.4 Å². The molecule has 0 aliphatic carbocycles. The van der Waals surface area contributed by atoms with Crippen LogP contribution in [0.4, 0.5) is 11.6 Å². The minimum Gasteiger partial charge on any atom is -0.373 e. The Hall–Kier alpha value is -0.970. The number of anilines is 2. The molecule has 1 atom stereocenters. The van der Waals surface area contributed by atoms with Crippen LogP contribution in [-0.2, 0) is 6.42 Å². The van der Waals surface area contributed by atoms with Gasteiger partial charge in [0.2, 0.25) is 0 Å². The van der Waals surface area contributed by atoms with Crippen LogP contribution < -0.4 is 10.6 Å². The first-order valence-corrected chi connectivity index (χ1v) is 8.29. The molecule has 0 aliphatic heterocycles. The monoisotopic (exact) mass is 282 g/mol. The Morgan fingerprint density at radius 1 is 1.26 bits per heavy atom. The minimum absolute atomic E-state index is 0.636. The first-order chi connectivity index (χ1) is 9.12. The number of nitrogens with zero attached hydrogens (tertiary/aromatic N) is 2. The fourth-order valence-electron chi connectivity index (χ4n) is 1.93. The highest BCUT2D eigenvalue weighted by molar-refractivity contribution is 7.98. The van der Waals surface area contributed by atoms with Crippen LogP contribution in [0, 0.1) is 12.8 Å². The number of hydrogen-bond acceptors (Lipinski definition) is 5. The van der Waals surface area contributed by atoms with Crippen LogP contribution >= 0.6 is 11.8 Å². The molecule has 1 aromatic heterocycles. The number of aromatic nitrogens is 2. The van der Waals surface area contributed by atoms with Crippen LogP contribution in [0.25, 0.3) is 0 Å². The van der Waals surface area contributed by atoms with Gasteiger partial charge in [-0.25, -0.2) is 9.97 Å². The van der Waals surface area contributed by atoms with Gasteiger partial charge in [0.1, 0.15) is 17.5 Å². The predicted octanol–water partition coefficient (Wildman–Crippen LogP) is 3.19. The van der Waals surface area contributed by atoms with E-state index in [2.05, 4.69) is 47.6 Å². The van der Waals surface area contributed by atoms with Crippen molar-refractivity contribution in [2.75, 3.05) is 36.2 Å². The van der Waals surface area contributed by atoms with Gasteiger partial charge < -0.3 is 10.6 Å². The number of nitrogens with one attached hydrogen (secondary N) is 2. The summed E-state index contributed by atoms with van der Waals surface area (Å²) in [5.41, 5.74) is 1.10. The van der Waals surface area contributed by atoms with Crippen molar-refractivity contribution in [1.29, 1.82) is 0 Å². The predicted molar refractivity (Wildman–Crippen MR) is 86.3 cm³/mol. The van der Waals surface area contributed by atoms with E-state index >= 15 is 0 Å². The van der Waals surface area contributed by atoms with Crippen molar-refractivity contribution in [3.05, 3.63) is 11.4 Å². The van der Waals surface area contributed by atoms with E-state index in [-0.39, 0.29) is 0 Å². The fourth-order valence-corrected chi connectivity index (χ4v) is 2.62. The second kappa shape index (κ2) is 8.25. The molecule has 0 spiro atoms. The summed E-state index contributed by atoms with van der Waals surface area (Å²) >= 11 is 1.88. The maximum absolute atomic E-state index is 4.63. The van der Waals surface area contributed by atoms with E-state index in [9.17, 15) is 0 Å². The van der Waals surface area contributed by atoms with E-state index in [0.29, 0.717) is 5.92 Å². The van der Waals surface area contributed by atoms with Crippen LogP contribution in [0.3, 0.4) is 0 Å². The van der Waals surface area contributed by atoms with Gasteiger partial charge in [-0.05, 0) is 31.3 Å². The lowest BCUT2D eigenvalue weighted by molar-refractivity contribution is 0.697. The van der Waals surface area contributed by atoms with Gasteiger partial charge in [-0.2, -0.15) is 11.8 Å². The molecule has 4 nitrogen and oxygen atoms in total. The van der Waals surface area contributed by atoms with Crippen molar-refractivity contribution in [2.24, 2.45) is 5.92 Å². The SMILES string of the molecule is CCCc1nc(NC)c(C)c(NCC(C)CSC)n1. The van der Waals surface area contributed by atoms with Crippen molar-refractivity contribution in [3.8, 4) is 0 Å². The number of thioether (sulfide) groups is 1. The van der Waals surface area contributed by atoms with E-state index in [1.165, 1.54) is 0 Å². The summed E-state index contributed by atoms with van der Waals surface area (Å²) in [4.78, 5) is 9.17. The molecule has 5 heteroatoms. The molecule has 1 heterocycles. The standard InChI is InChI=1S/C14H26N4S/c1-6-7-12-17-13(15-4)11(3)14(18-12)16-8-10(2)9-19-5/h10H,6-9H2,1-5H3,(H2,15,16,17,18). The largest absolute Gasteiger partial charge is 0.373 e. The molecule has 2 N–H and O–H groups in total. The Kier molecular flexibility index (Phi) is 6.99. The molecule has 0 aliphatic rings. The normalized spacial score (nSPS) is 12.3. The van der Waals surface area contributed by atoms with Crippen LogP contribution in [0.5, 0.6) is 0 Å². The summed E-state index contributed by atoms with van der Waals surface area (Å²) in [5, 5.41) is 6.62. The van der Waals surface area contributed by atoms with E-state index < -0.39 is 0 Å². The maximum Gasteiger partial charge on any atom is 0.134 e. The lowest BCUT2D eigenvalue weighted by Crippen LogP contribution is -2.16. The quantitative estimate of drug-likeness (QED) is 0.767. The smallest absolute Gasteiger partial charge is 0.134 e. The fraction of sp³-hybridized carbons (Fsp3) is 0.714. The molecule has 1 unspecified atom stereocenters. The van der Waals surface area contributed by atoms with Gasteiger partial charge in [0.05, 0.1) is 0 Å². The van der Waals surface area contributed by atoms with Crippen LogP contribution in [-0.4, -0.2) is 35.6 Å². The Labute approximate surface area is 121 Å². The highest BCUT2D eigenvalue weighted by atomic mass is 32.2. The molecule has 0 amide bonds. The molecule has 0 bridgehead atoms. The maximum atomic E-state index is 4.63. The Balaban J connectivity index is 2.82. The highest BCUT2D eigenvalue weighted by Crippen LogP contribution is 2.20. The minimum atomic E-state index is 0.636. The van der Waals surface area contributed by atoms with E-state index in [0.717, 1.165) is 48.2 Å². The zero-order valence-corrected chi connectivity index (χ0v) is 13.5. The lowest BCUT2D eigenvalue weighted by atomic mass is 10.2. The van der Waals surface area contributed by atoms with Crippen molar-refractivity contribution in [2.45, 2.75) is 33.6 Å². The molecule has 0 radical (unpaired) electrons. The molecular formula is C14H26N4S. The van der Waals surface area contributed by atoms with E-state index in [4.69, 9.17) is 0 Å². The average molecular weight is 282 g/mol. The van der Waals surface area contributed by atoms with Crippen molar-refractivity contribution < 1.29 is 0 Å². The van der Waals surface area contributed by atoms with Crippen LogP contribution in [0.2, 0.25) is 0 Å².